The number of aliphatic carboxylic acids is 1. The molecule has 0 radical (unpaired) electrons. The molecule has 0 saturated heterocycles. The van der Waals surface area contributed by atoms with Crippen molar-refractivity contribution in [3.63, 3.8) is 0 Å². The van der Waals surface area contributed by atoms with Crippen LogP contribution in [0.2, 0.25) is 0 Å². The lowest BCUT2D eigenvalue weighted by molar-refractivity contribution is -0.140. The quantitative estimate of drug-likeness (QED) is 0.599. The van der Waals surface area contributed by atoms with Crippen molar-refractivity contribution in [2.24, 2.45) is 0 Å². The van der Waals surface area contributed by atoms with Gasteiger partial charge in [-0.15, -0.1) is 11.3 Å². The van der Waals surface area contributed by atoms with E-state index in [4.69, 9.17) is 0 Å². The molecule has 1 saturated carbocycles. The van der Waals surface area contributed by atoms with Gasteiger partial charge in [0, 0.05) is 16.9 Å². The highest BCUT2D eigenvalue weighted by atomic mass is 32.2. The van der Waals surface area contributed by atoms with Crippen molar-refractivity contribution in [2.75, 3.05) is 0 Å². The Morgan fingerprint density at radius 1 is 1.21 bits per heavy atom. The van der Waals surface area contributed by atoms with Gasteiger partial charge in [0.1, 0.15) is 5.54 Å². The van der Waals surface area contributed by atoms with Crippen LogP contribution in [0.15, 0.2) is 64.9 Å². The lowest BCUT2D eigenvalue weighted by Crippen LogP contribution is -2.44. The highest BCUT2D eigenvalue weighted by molar-refractivity contribution is 7.89. The fraction of sp³-hybridized carbons (Fsp3) is 0.238. The minimum absolute atomic E-state index is 0.0338. The molecule has 0 bridgehead atoms. The van der Waals surface area contributed by atoms with Gasteiger partial charge >= 0.3 is 5.97 Å². The van der Waals surface area contributed by atoms with Crippen molar-refractivity contribution in [1.82, 2.24) is 9.71 Å². The summed E-state index contributed by atoms with van der Waals surface area (Å²) in [4.78, 5) is 16.4. The molecule has 4 rings (SSSR count). The van der Waals surface area contributed by atoms with Gasteiger partial charge in [-0.2, -0.15) is 4.72 Å². The SMILES string of the molecule is CCc1nc(-c2ccc(S(=O)(=O)N[C@]3(C(=O)O)C[C@H]3c3ccccc3)cc2)cs1. The van der Waals surface area contributed by atoms with Gasteiger partial charge in [0.15, 0.2) is 0 Å². The van der Waals surface area contributed by atoms with E-state index in [1.165, 1.54) is 12.1 Å². The lowest BCUT2D eigenvalue weighted by Gasteiger charge is -2.15. The van der Waals surface area contributed by atoms with E-state index in [1.54, 1.807) is 23.5 Å². The van der Waals surface area contributed by atoms with Gasteiger partial charge < -0.3 is 5.11 Å². The van der Waals surface area contributed by atoms with E-state index in [-0.39, 0.29) is 11.3 Å². The summed E-state index contributed by atoms with van der Waals surface area (Å²) in [6, 6.07) is 15.5. The molecule has 1 aliphatic carbocycles. The summed E-state index contributed by atoms with van der Waals surface area (Å²) in [5.41, 5.74) is 0.922. The van der Waals surface area contributed by atoms with E-state index in [0.29, 0.717) is 0 Å². The van der Waals surface area contributed by atoms with Crippen molar-refractivity contribution in [3.05, 3.63) is 70.5 Å². The van der Waals surface area contributed by atoms with Gasteiger partial charge in [-0.05, 0) is 30.5 Å². The van der Waals surface area contributed by atoms with Crippen LogP contribution in [-0.4, -0.2) is 30.0 Å². The first-order valence-corrected chi connectivity index (χ1v) is 11.6. The third-order valence-electron chi connectivity index (χ3n) is 5.18. The number of hydrogen-bond donors (Lipinski definition) is 2. The Kier molecular flexibility index (Phi) is 5.02. The molecule has 2 aromatic carbocycles. The van der Waals surface area contributed by atoms with Gasteiger partial charge in [0.25, 0.3) is 0 Å². The van der Waals surface area contributed by atoms with Crippen LogP contribution in [0.5, 0.6) is 0 Å². The zero-order chi connectivity index (χ0) is 20.6. The topological polar surface area (TPSA) is 96.4 Å². The van der Waals surface area contributed by atoms with Gasteiger partial charge in [-0.3, -0.25) is 4.79 Å². The molecule has 1 fully saturated rings. The Bertz CT molecular complexity index is 1140. The number of nitrogens with zero attached hydrogens (tertiary/aromatic N) is 1. The zero-order valence-corrected chi connectivity index (χ0v) is 17.3. The Labute approximate surface area is 173 Å². The molecule has 0 spiro atoms. The second kappa shape index (κ2) is 7.37. The zero-order valence-electron chi connectivity index (χ0n) is 15.7. The predicted octanol–water partition coefficient (Wildman–Crippen LogP) is 3.66. The minimum Gasteiger partial charge on any atom is -0.480 e. The van der Waals surface area contributed by atoms with Crippen LogP contribution < -0.4 is 4.72 Å². The molecule has 0 unspecified atom stereocenters. The fourth-order valence-electron chi connectivity index (χ4n) is 3.45. The van der Waals surface area contributed by atoms with E-state index in [1.807, 2.05) is 42.6 Å². The van der Waals surface area contributed by atoms with Gasteiger partial charge in [0.05, 0.1) is 15.6 Å². The Morgan fingerprint density at radius 2 is 1.90 bits per heavy atom. The van der Waals surface area contributed by atoms with E-state index < -0.39 is 27.4 Å². The van der Waals surface area contributed by atoms with E-state index in [9.17, 15) is 18.3 Å². The van der Waals surface area contributed by atoms with Crippen molar-refractivity contribution >= 4 is 27.3 Å². The van der Waals surface area contributed by atoms with Crippen LogP contribution in [0.4, 0.5) is 0 Å². The largest absolute Gasteiger partial charge is 0.480 e. The number of hydrogen-bond acceptors (Lipinski definition) is 5. The molecule has 1 aromatic heterocycles. The van der Waals surface area contributed by atoms with Crippen LogP contribution in [0.1, 0.15) is 29.8 Å². The normalized spacial score (nSPS) is 21.1. The number of nitrogens with one attached hydrogen (secondary N) is 1. The maximum Gasteiger partial charge on any atom is 0.325 e. The predicted molar refractivity (Wildman–Crippen MR) is 111 cm³/mol. The average molecular weight is 429 g/mol. The fourth-order valence-corrected chi connectivity index (χ4v) is 5.61. The summed E-state index contributed by atoms with van der Waals surface area (Å²) in [6.45, 7) is 2.03. The summed E-state index contributed by atoms with van der Waals surface area (Å²) in [6.07, 6.45) is 1.07. The van der Waals surface area contributed by atoms with Gasteiger partial charge in [-0.25, -0.2) is 13.4 Å². The molecule has 29 heavy (non-hydrogen) atoms. The molecule has 1 aliphatic rings. The van der Waals surface area contributed by atoms with Crippen molar-refractivity contribution < 1.29 is 18.3 Å². The minimum atomic E-state index is -3.99. The van der Waals surface area contributed by atoms with Gasteiger partial charge in [0.2, 0.25) is 10.0 Å². The van der Waals surface area contributed by atoms with E-state index in [2.05, 4.69) is 9.71 Å². The second-order valence-corrected chi connectivity index (χ2v) is 9.68. The molecule has 3 aromatic rings. The summed E-state index contributed by atoms with van der Waals surface area (Å²) in [5, 5.41) is 12.7. The van der Waals surface area contributed by atoms with Crippen molar-refractivity contribution in [3.8, 4) is 11.3 Å². The second-order valence-electron chi connectivity index (χ2n) is 7.05. The molecule has 2 N–H and O–H groups in total. The Hall–Kier alpha value is -2.55. The maximum absolute atomic E-state index is 12.9. The standard InChI is InChI=1S/C21H20N2O4S2/c1-2-19-22-18(13-28-19)15-8-10-16(11-9-15)29(26,27)23-21(20(24)25)12-17(21)14-6-4-3-5-7-14/h3-11,13,17,23H,2,12H2,1H3,(H,24,25)/t17-,21+/m0/s1. The van der Waals surface area contributed by atoms with Crippen LogP contribution in [0.25, 0.3) is 11.3 Å². The lowest BCUT2D eigenvalue weighted by atomic mass is 10.1. The number of rotatable bonds is 7. The molecule has 6 nitrogen and oxygen atoms in total. The first kappa shape index (κ1) is 19.8. The third-order valence-corrected chi connectivity index (χ3v) is 7.69. The maximum atomic E-state index is 12.9. The number of carbonyl (C=O) groups is 1. The highest BCUT2D eigenvalue weighted by Crippen LogP contribution is 2.52. The number of aromatic nitrogens is 1. The van der Waals surface area contributed by atoms with Crippen LogP contribution in [0.3, 0.4) is 0 Å². The number of aryl methyl sites for hydroxylation is 1. The van der Waals surface area contributed by atoms with Crippen molar-refractivity contribution in [1.29, 1.82) is 0 Å². The summed E-state index contributed by atoms with van der Waals surface area (Å²) in [7, 11) is -3.99. The highest BCUT2D eigenvalue weighted by Gasteiger charge is 2.63. The monoisotopic (exact) mass is 428 g/mol. The summed E-state index contributed by atoms with van der Waals surface area (Å²) in [5.74, 6) is -1.56. The molecule has 150 valence electrons. The first-order chi connectivity index (χ1) is 13.9. The number of carboxylic acids is 1. The number of benzene rings is 2. The third kappa shape index (κ3) is 3.71. The Morgan fingerprint density at radius 3 is 2.48 bits per heavy atom. The number of carboxylic acid groups (broad SMARTS) is 1. The number of sulfonamides is 1. The molecule has 1 heterocycles. The van der Waals surface area contributed by atoms with Crippen LogP contribution >= 0.6 is 11.3 Å². The molecule has 0 amide bonds. The first-order valence-electron chi connectivity index (χ1n) is 9.23. The molecule has 2 atom stereocenters. The average Bonchev–Trinajstić information content (AvgIpc) is 3.24. The summed E-state index contributed by atoms with van der Waals surface area (Å²) < 4.78 is 28.2. The number of thiazole rings is 1. The van der Waals surface area contributed by atoms with Crippen LogP contribution in [-0.2, 0) is 21.2 Å². The molecule has 8 heteroatoms. The molecular weight excluding hydrogens is 408 g/mol. The van der Waals surface area contributed by atoms with Gasteiger partial charge in [-0.1, -0.05) is 49.4 Å². The molecule has 0 aliphatic heterocycles. The van der Waals surface area contributed by atoms with E-state index in [0.717, 1.165) is 28.2 Å². The van der Waals surface area contributed by atoms with E-state index >= 15 is 0 Å². The van der Waals surface area contributed by atoms with Crippen molar-refractivity contribution in [2.45, 2.75) is 36.1 Å². The molecular formula is C21H20N2O4S2. The van der Waals surface area contributed by atoms with Crippen LogP contribution in [0, 0.1) is 0 Å². The summed E-state index contributed by atoms with van der Waals surface area (Å²) >= 11 is 1.56. The Balaban J connectivity index is 1.57. The smallest absolute Gasteiger partial charge is 0.325 e.